The summed E-state index contributed by atoms with van der Waals surface area (Å²) in [5, 5.41) is 0.225. The van der Waals surface area contributed by atoms with Crippen molar-refractivity contribution < 1.29 is 14.3 Å². The largest absolute Gasteiger partial charge is 0.444 e. The summed E-state index contributed by atoms with van der Waals surface area (Å²) in [6, 6.07) is 3.54. The molecular weight excluding hydrogens is 342 g/mol. The summed E-state index contributed by atoms with van der Waals surface area (Å²) in [7, 11) is 1.77. The predicted octanol–water partition coefficient (Wildman–Crippen LogP) is 3.51. The molecule has 1 aliphatic heterocycles. The van der Waals surface area contributed by atoms with Gasteiger partial charge in [-0.25, -0.2) is 9.78 Å². The Bertz CT molecular complexity index is 649. The molecule has 0 N–H and O–H groups in total. The Balaban J connectivity index is 1.95. The SMILES string of the molecule is Cc1ccc(C(=O)N(C)C2CCN(C(=O)OC(C)(C)C)CC2)c(Cl)n1. The van der Waals surface area contributed by atoms with Crippen LogP contribution in [-0.4, -0.2) is 58.6 Å². The number of aryl methyl sites for hydroxylation is 1. The molecule has 0 radical (unpaired) electrons. The number of nitrogens with zero attached hydrogens (tertiary/aromatic N) is 3. The van der Waals surface area contributed by atoms with Gasteiger partial charge in [-0.05, 0) is 52.7 Å². The number of piperidine rings is 1. The highest BCUT2D eigenvalue weighted by Crippen LogP contribution is 2.22. The van der Waals surface area contributed by atoms with Crippen molar-refractivity contribution in [3.8, 4) is 0 Å². The average molecular weight is 368 g/mol. The van der Waals surface area contributed by atoms with Crippen LogP contribution in [0.25, 0.3) is 0 Å². The molecule has 0 saturated carbocycles. The van der Waals surface area contributed by atoms with Gasteiger partial charge >= 0.3 is 6.09 Å². The van der Waals surface area contributed by atoms with E-state index in [2.05, 4.69) is 4.98 Å². The van der Waals surface area contributed by atoms with E-state index in [9.17, 15) is 9.59 Å². The summed E-state index contributed by atoms with van der Waals surface area (Å²) in [5.41, 5.74) is 0.676. The second-order valence-electron chi connectivity index (χ2n) is 7.41. The molecule has 1 aromatic rings. The summed E-state index contributed by atoms with van der Waals surface area (Å²) < 4.78 is 5.40. The van der Waals surface area contributed by atoms with E-state index in [-0.39, 0.29) is 23.2 Å². The summed E-state index contributed by atoms with van der Waals surface area (Å²) in [6.45, 7) is 8.51. The molecule has 1 fully saturated rings. The number of hydrogen-bond donors (Lipinski definition) is 0. The smallest absolute Gasteiger partial charge is 0.410 e. The van der Waals surface area contributed by atoms with E-state index < -0.39 is 5.60 Å². The van der Waals surface area contributed by atoms with Crippen LogP contribution in [0.15, 0.2) is 12.1 Å². The summed E-state index contributed by atoms with van der Waals surface area (Å²) in [6.07, 6.45) is 1.11. The molecule has 6 nitrogen and oxygen atoms in total. The fraction of sp³-hybridized carbons (Fsp3) is 0.611. The Morgan fingerprint density at radius 3 is 2.40 bits per heavy atom. The number of amides is 2. The van der Waals surface area contributed by atoms with Crippen molar-refractivity contribution in [3.63, 3.8) is 0 Å². The summed E-state index contributed by atoms with van der Waals surface area (Å²) in [4.78, 5) is 32.3. The second kappa shape index (κ2) is 7.60. The lowest BCUT2D eigenvalue weighted by Gasteiger charge is -2.37. The standard InChI is InChI=1S/C18H26ClN3O3/c1-12-6-7-14(15(19)20-12)16(23)21(5)13-8-10-22(11-9-13)17(24)25-18(2,3)4/h6-7,13H,8-11H2,1-5H3. The maximum Gasteiger partial charge on any atom is 0.410 e. The Hall–Kier alpha value is -1.82. The molecule has 25 heavy (non-hydrogen) atoms. The number of pyridine rings is 1. The van der Waals surface area contributed by atoms with Crippen LogP contribution in [0.2, 0.25) is 5.15 Å². The quantitative estimate of drug-likeness (QED) is 0.750. The zero-order valence-corrected chi connectivity index (χ0v) is 16.3. The Morgan fingerprint density at radius 1 is 1.28 bits per heavy atom. The number of carbonyl (C=O) groups excluding carboxylic acids is 2. The van der Waals surface area contributed by atoms with Gasteiger partial charge in [0.1, 0.15) is 10.8 Å². The average Bonchev–Trinajstić information content (AvgIpc) is 2.52. The fourth-order valence-corrected chi connectivity index (χ4v) is 3.08. The van der Waals surface area contributed by atoms with Crippen LogP contribution in [-0.2, 0) is 4.74 Å². The van der Waals surface area contributed by atoms with Crippen molar-refractivity contribution >= 4 is 23.6 Å². The first kappa shape index (κ1) is 19.5. The van der Waals surface area contributed by atoms with Crippen LogP contribution >= 0.6 is 11.6 Å². The lowest BCUT2D eigenvalue weighted by atomic mass is 10.0. The minimum absolute atomic E-state index is 0.0588. The third kappa shape index (κ3) is 5.08. The molecule has 1 aliphatic rings. The highest BCUT2D eigenvalue weighted by atomic mass is 35.5. The van der Waals surface area contributed by atoms with Crippen molar-refractivity contribution in [1.29, 1.82) is 0 Å². The molecule has 1 saturated heterocycles. The van der Waals surface area contributed by atoms with Gasteiger partial charge in [-0.1, -0.05) is 11.6 Å². The number of aromatic nitrogens is 1. The van der Waals surface area contributed by atoms with Crippen molar-refractivity contribution in [3.05, 3.63) is 28.5 Å². The number of halogens is 1. The van der Waals surface area contributed by atoms with Crippen LogP contribution in [0.5, 0.6) is 0 Å². The topological polar surface area (TPSA) is 62.7 Å². The van der Waals surface area contributed by atoms with Crippen LogP contribution < -0.4 is 0 Å². The first-order valence-electron chi connectivity index (χ1n) is 8.46. The van der Waals surface area contributed by atoms with Gasteiger partial charge in [-0.2, -0.15) is 0 Å². The van der Waals surface area contributed by atoms with Crippen LogP contribution in [0.4, 0.5) is 4.79 Å². The Labute approximate surface area is 154 Å². The molecular formula is C18H26ClN3O3. The maximum atomic E-state index is 12.7. The molecule has 138 valence electrons. The molecule has 0 aliphatic carbocycles. The van der Waals surface area contributed by atoms with Gasteiger partial charge < -0.3 is 14.5 Å². The summed E-state index contributed by atoms with van der Waals surface area (Å²) >= 11 is 6.11. The van der Waals surface area contributed by atoms with E-state index in [1.54, 1.807) is 29.0 Å². The van der Waals surface area contributed by atoms with Crippen molar-refractivity contribution in [2.75, 3.05) is 20.1 Å². The van der Waals surface area contributed by atoms with Gasteiger partial charge in [0, 0.05) is 31.9 Å². The van der Waals surface area contributed by atoms with E-state index in [0.29, 0.717) is 31.5 Å². The van der Waals surface area contributed by atoms with E-state index in [1.165, 1.54) is 0 Å². The van der Waals surface area contributed by atoms with E-state index >= 15 is 0 Å². The van der Waals surface area contributed by atoms with Gasteiger partial charge in [-0.3, -0.25) is 4.79 Å². The van der Waals surface area contributed by atoms with Crippen LogP contribution in [0.1, 0.15) is 49.7 Å². The van der Waals surface area contributed by atoms with Crippen molar-refractivity contribution in [2.45, 2.75) is 52.2 Å². The third-order valence-electron chi connectivity index (χ3n) is 4.20. The van der Waals surface area contributed by atoms with E-state index in [0.717, 1.165) is 5.69 Å². The summed E-state index contributed by atoms with van der Waals surface area (Å²) in [5.74, 6) is -0.145. The van der Waals surface area contributed by atoms with Gasteiger partial charge in [0.15, 0.2) is 0 Å². The van der Waals surface area contributed by atoms with Crippen LogP contribution in [0, 0.1) is 6.92 Å². The van der Waals surface area contributed by atoms with Crippen molar-refractivity contribution in [2.24, 2.45) is 0 Å². The lowest BCUT2D eigenvalue weighted by Crippen LogP contribution is -2.48. The molecule has 2 rings (SSSR count). The Kier molecular flexibility index (Phi) is 5.93. The third-order valence-corrected chi connectivity index (χ3v) is 4.49. The molecule has 1 aromatic heterocycles. The predicted molar refractivity (Wildman–Crippen MR) is 96.9 cm³/mol. The molecule has 0 bridgehead atoms. The zero-order chi connectivity index (χ0) is 18.8. The fourth-order valence-electron chi connectivity index (χ4n) is 2.80. The lowest BCUT2D eigenvalue weighted by molar-refractivity contribution is 0.0160. The molecule has 2 amide bonds. The van der Waals surface area contributed by atoms with Gasteiger partial charge in [-0.15, -0.1) is 0 Å². The first-order chi connectivity index (χ1) is 11.6. The Morgan fingerprint density at radius 2 is 1.88 bits per heavy atom. The highest BCUT2D eigenvalue weighted by Gasteiger charge is 2.30. The van der Waals surface area contributed by atoms with Gasteiger partial charge in [0.25, 0.3) is 5.91 Å². The van der Waals surface area contributed by atoms with E-state index in [1.807, 2.05) is 27.7 Å². The number of likely N-dealkylation sites (tertiary alicyclic amines) is 1. The highest BCUT2D eigenvalue weighted by molar-refractivity contribution is 6.32. The first-order valence-corrected chi connectivity index (χ1v) is 8.84. The molecule has 0 atom stereocenters. The number of carbonyl (C=O) groups is 2. The molecule has 0 unspecified atom stereocenters. The molecule has 0 aromatic carbocycles. The van der Waals surface area contributed by atoms with Gasteiger partial charge in [0.05, 0.1) is 5.56 Å². The number of rotatable bonds is 2. The molecule has 0 spiro atoms. The minimum Gasteiger partial charge on any atom is -0.444 e. The van der Waals surface area contributed by atoms with Crippen molar-refractivity contribution in [1.82, 2.24) is 14.8 Å². The van der Waals surface area contributed by atoms with Gasteiger partial charge in [0.2, 0.25) is 0 Å². The minimum atomic E-state index is -0.504. The van der Waals surface area contributed by atoms with E-state index in [4.69, 9.17) is 16.3 Å². The maximum absolute atomic E-state index is 12.7. The number of hydrogen-bond acceptors (Lipinski definition) is 4. The monoisotopic (exact) mass is 367 g/mol. The number of ether oxygens (including phenoxy) is 1. The molecule has 2 heterocycles. The zero-order valence-electron chi connectivity index (χ0n) is 15.5. The molecule has 7 heteroatoms. The second-order valence-corrected chi connectivity index (χ2v) is 7.76. The normalized spacial score (nSPS) is 15.8. The van der Waals surface area contributed by atoms with Crippen LogP contribution in [0.3, 0.4) is 0 Å².